The summed E-state index contributed by atoms with van der Waals surface area (Å²) < 4.78 is 0. The van der Waals surface area contributed by atoms with Crippen LogP contribution in [0.15, 0.2) is 0 Å². The van der Waals surface area contributed by atoms with Crippen LogP contribution in [-0.4, -0.2) is 0 Å². The largest absolute Gasteiger partial charge is 4.00 e. The molecule has 0 fully saturated rings. The summed E-state index contributed by atoms with van der Waals surface area (Å²) >= 11 is 2.44. The fourth-order valence-electron chi connectivity index (χ4n) is 0.177. The van der Waals surface area contributed by atoms with Crippen molar-refractivity contribution in [3.05, 3.63) is 0 Å². The van der Waals surface area contributed by atoms with Gasteiger partial charge in [0.15, 0.2) is 0 Å². The first kappa shape index (κ1) is 14.7. The molecule has 0 saturated heterocycles. The van der Waals surface area contributed by atoms with Crippen molar-refractivity contribution in [3.63, 3.8) is 0 Å². The fraction of sp³-hybridized carbons (Fsp3) is 0. The Morgan fingerprint density at radius 1 is 0.692 bits per heavy atom. The second-order valence-electron chi connectivity index (χ2n) is 1.61. The van der Waals surface area contributed by atoms with Gasteiger partial charge in [0.25, 0.3) is 0 Å². The first-order chi connectivity index (χ1) is 5.39. The molecule has 0 atom stereocenters. The Kier molecular flexibility index (Phi) is 3.52. The molecule has 0 aliphatic rings. The quantitative estimate of drug-likeness (QED) is 0.594. The summed E-state index contributed by atoms with van der Waals surface area (Å²) in [4.78, 5) is 6.11. The topological polar surface area (TPSA) is 119 Å². The average molecular weight is 362 g/mol. The fourth-order valence-corrected chi connectivity index (χ4v) is 0.729. The number of nitriles is 5. The third-order valence-electron chi connectivity index (χ3n) is 0.940. The molecule has 8 heteroatoms. The minimum atomic E-state index is -5.62. The summed E-state index contributed by atoms with van der Waals surface area (Å²) in [5.41, 5.74) is 0. The monoisotopic (exact) mass is 363 g/mol. The molecule has 0 unspecified atom stereocenters. The molecular weight excluding hydrogens is 362 g/mol. The van der Waals surface area contributed by atoms with E-state index in [0.29, 0.717) is 0 Å². The minimum absolute atomic E-state index is 0. The third kappa shape index (κ3) is 1.60. The third-order valence-corrected chi connectivity index (χ3v) is 6.46. The number of rotatable bonds is 0. The smallest absolute Gasteiger partial charge is 4.00 e. The van der Waals surface area contributed by atoms with Gasteiger partial charge in [-0.2, -0.15) is 0 Å². The second-order valence-corrected chi connectivity index (χ2v) is 12.4. The van der Waals surface area contributed by atoms with E-state index in [4.69, 9.17) is 26.3 Å². The van der Waals surface area contributed by atoms with Crippen molar-refractivity contribution in [1.29, 1.82) is 26.3 Å². The van der Waals surface area contributed by atoms with E-state index < -0.39 is 8.93 Å². The van der Waals surface area contributed by atoms with Crippen molar-refractivity contribution in [2.45, 2.75) is 0 Å². The van der Waals surface area contributed by atoms with E-state index in [2.05, 4.69) is 14.1 Å². The van der Waals surface area contributed by atoms with Crippen molar-refractivity contribution in [2.24, 2.45) is 0 Å². The summed E-state index contributed by atoms with van der Waals surface area (Å²) in [6, 6.07) is 0. The first-order valence-electron chi connectivity index (χ1n) is 2.14. The maximum atomic E-state index is 8.56. The molecule has 0 rings (SSSR count). The van der Waals surface area contributed by atoms with Gasteiger partial charge in [-0.05, 0) is 0 Å². The van der Waals surface area contributed by atoms with Gasteiger partial charge in [-0.25, -0.2) is 0 Å². The van der Waals surface area contributed by atoms with E-state index in [1.54, 1.807) is 0 Å². The normalized spacial score (nSPS) is 13.2. The van der Waals surface area contributed by atoms with Crippen LogP contribution in [0.25, 0.3) is 0 Å². The van der Waals surface area contributed by atoms with Crippen LogP contribution >= 0.6 is 14.1 Å². The van der Waals surface area contributed by atoms with E-state index in [-0.39, 0.29) is 21.1 Å². The summed E-state index contributed by atoms with van der Waals surface area (Å²) in [6.45, 7) is 0. The van der Waals surface area contributed by atoms with Gasteiger partial charge in [0.1, 0.15) is 0 Å². The van der Waals surface area contributed by atoms with Gasteiger partial charge >= 0.3 is 95.2 Å². The number of nitrogens with zero attached hydrogens (tertiary/aromatic N) is 5. The summed E-state index contributed by atoms with van der Waals surface area (Å²) in [5.74, 6) is 0. The molecule has 0 saturated carbocycles. The summed E-state index contributed by atoms with van der Waals surface area (Å²) in [6.07, 6.45) is 0. The Morgan fingerprint density at radius 2 is 0.846 bits per heavy atom. The minimum Gasteiger partial charge on any atom is 4.00 e. The molecule has 0 spiro atoms. The Morgan fingerprint density at radius 3 is 0.846 bits per heavy atom. The molecule has 0 aromatic rings. The van der Waals surface area contributed by atoms with E-state index in [9.17, 15) is 0 Å². The molecule has 0 radical (unpaired) electrons. The van der Waals surface area contributed by atoms with Crippen molar-refractivity contribution in [2.75, 3.05) is 0 Å². The van der Waals surface area contributed by atoms with Gasteiger partial charge in [-0.1, -0.05) is 0 Å². The Labute approximate surface area is 94.6 Å². The summed E-state index contributed by atoms with van der Waals surface area (Å²) in [7, 11) is -5.62. The molecule has 0 bridgehead atoms. The second kappa shape index (κ2) is 3.13. The standard InChI is InChI=1S/5CN.BrH.Fe.Mo/c5*1-2;;;/h;;;;;1H;;/q;;;;;;-3;+4/p-1. The van der Waals surface area contributed by atoms with Crippen LogP contribution in [-0.2, 0) is 30.0 Å². The van der Waals surface area contributed by atoms with Crippen LogP contribution in [0.4, 0.5) is 0 Å². The van der Waals surface area contributed by atoms with Crippen LogP contribution in [0.2, 0.25) is 0 Å². The Bertz CT molecular complexity index is 357. The zero-order valence-electron chi connectivity index (χ0n) is 5.88. The summed E-state index contributed by atoms with van der Waals surface area (Å²) in [5, 5.41) is 42.8. The van der Waals surface area contributed by atoms with Crippen molar-refractivity contribution < 1.29 is 30.0 Å². The van der Waals surface area contributed by atoms with Crippen molar-refractivity contribution in [3.8, 4) is 24.8 Å². The molecule has 0 aliphatic heterocycles. The van der Waals surface area contributed by atoms with Crippen LogP contribution in [0, 0.1) is 51.1 Å². The van der Waals surface area contributed by atoms with Crippen molar-refractivity contribution >= 4 is 14.1 Å². The van der Waals surface area contributed by atoms with Crippen LogP contribution in [0.3, 0.4) is 0 Å². The predicted octanol–water partition coefficient (Wildman–Crippen LogP) is 0.925. The SMILES string of the molecule is N#[C][Fe-4]([Br])([C]#N)([C]#N)([C]#N)[C]#N.[Mo+4]. The number of halogens is 1. The maximum absolute atomic E-state index is 8.56. The van der Waals surface area contributed by atoms with Gasteiger partial charge in [0.2, 0.25) is 0 Å². The maximum Gasteiger partial charge on any atom is 4.00 e. The van der Waals surface area contributed by atoms with Crippen molar-refractivity contribution in [1.82, 2.24) is 0 Å². The van der Waals surface area contributed by atoms with Gasteiger partial charge in [0, 0.05) is 0 Å². The number of hydrogen-bond acceptors (Lipinski definition) is 5. The van der Waals surface area contributed by atoms with Gasteiger partial charge in [-0.3, -0.25) is 0 Å². The molecular formula is C5BrFeMoN5. The Balaban J connectivity index is 0. The van der Waals surface area contributed by atoms with E-state index >= 15 is 0 Å². The average Bonchev–Trinajstić information content (AvgIpc) is 2.19. The molecule has 66 valence electrons. The zero-order valence-corrected chi connectivity index (χ0v) is 10.6. The molecule has 0 heterocycles. The van der Waals surface area contributed by atoms with E-state index in [0.717, 1.165) is 0 Å². The zero-order chi connectivity index (χ0) is 9.94. The van der Waals surface area contributed by atoms with Crippen LogP contribution < -0.4 is 0 Å². The van der Waals surface area contributed by atoms with Crippen LogP contribution in [0.1, 0.15) is 0 Å². The van der Waals surface area contributed by atoms with Gasteiger partial charge < -0.3 is 0 Å². The molecule has 0 aliphatic carbocycles. The molecule has 5 nitrogen and oxygen atoms in total. The van der Waals surface area contributed by atoms with E-state index in [1.165, 1.54) is 24.8 Å². The van der Waals surface area contributed by atoms with E-state index in [1.807, 2.05) is 0 Å². The first-order valence-corrected chi connectivity index (χ1v) is 7.63. The van der Waals surface area contributed by atoms with Gasteiger partial charge in [-0.15, -0.1) is 0 Å². The predicted molar refractivity (Wildman–Crippen MR) is 37.0 cm³/mol. The van der Waals surface area contributed by atoms with Crippen LogP contribution in [0.5, 0.6) is 0 Å². The molecule has 0 N–H and O–H groups in total. The molecule has 0 aromatic heterocycles. The molecule has 0 amide bonds. The number of hydrogen-bond donors (Lipinski definition) is 0. The molecule has 13 heavy (non-hydrogen) atoms. The Hall–Kier alpha value is -0.862. The van der Waals surface area contributed by atoms with Gasteiger partial charge in [0.05, 0.1) is 0 Å². The molecule has 0 aromatic carbocycles.